The number of nitrogens with zero attached hydrogens (tertiary/aromatic N) is 1. The van der Waals surface area contributed by atoms with Crippen LogP contribution in [0.5, 0.6) is 0 Å². The molecule has 2 N–H and O–H groups in total. The molecule has 0 atom stereocenters. The number of hydrogen-bond donors (Lipinski definition) is 1. The molecular formula is C13H18F2N2O2S. The predicted molar refractivity (Wildman–Crippen MR) is 72.3 cm³/mol. The Morgan fingerprint density at radius 3 is 2.60 bits per heavy atom. The van der Waals surface area contributed by atoms with Gasteiger partial charge in [0.1, 0.15) is 0 Å². The third-order valence-corrected chi connectivity index (χ3v) is 5.29. The van der Waals surface area contributed by atoms with Crippen molar-refractivity contribution < 1.29 is 17.2 Å². The van der Waals surface area contributed by atoms with Crippen molar-refractivity contribution in [2.75, 3.05) is 19.6 Å². The fourth-order valence-corrected chi connectivity index (χ4v) is 3.95. The highest BCUT2D eigenvalue weighted by Crippen LogP contribution is 2.26. The zero-order valence-corrected chi connectivity index (χ0v) is 11.9. The van der Waals surface area contributed by atoms with Gasteiger partial charge in [0, 0.05) is 13.1 Å². The summed E-state index contributed by atoms with van der Waals surface area (Å²) in [6.45, 7) is -0.919. The Hall–Kier alpha value is -1.05. The van der Waals surface area contributed by atoms with Crippen LogP contribution in [0.25, 0.3) is 0 Å². The maximum atomic E-state index is 12.5. The molecule has 0 amide bonds. The lowest BCUT2D eigenvalue weighted by molar-refractivity contribution is 0.120. The third kappa shape index (κ3) is 3.16. The molecule has 0 heterocycles. The first-order valence-corrected chi connectivity index (χ1v) is 7.99. The average molecular weight is 304 g/mol. The van der Waals surface area contributed by atoms with Crippen LogP contribution in [-0.2, 0) is 22.9 Å². The van der Waals surface area contributed by atoms with Crippen LogP contribution in [0.1, 0.15) is 17.5 Å². The molecule has 1 aliphatic carbocycles. The zero-order valence-electron chi connectivity index (χ0n) is 11.1. The lowest BCUT2D eigenvalue weighted by atomic mass is 10.1. The van der Waals surface area contributed by atoms with E-state index in [-0.39, 0.29) is 18.0 Å². The second kappa shape index (κ2) is 6.15. The van der Waals surface area contributed by atoms with Gasteiger partial charge in [0.25, 0.3) is 6.43 Å². The Balaban J connectivity index is 2.32. The lowest BCUT2D eigenvalue weighted by Gasteiger charge is -2.21. The first-order chi connectivity index (χ1) is 9.45. The Kier molecular flexibility index (Phi) is 4.72. The SMILES string of the molecule is NCCN(CC(F)F)S(=O)(=O)c1ccc2c(c1)CCC2. The van der Waals surface area contributed by atoms with E-state index >= 15 is 0 Å². The first-order valence-electron chi connectivity index (χ1n) is 6.55. The van der Waals surface area contributed by atoms with Crippen molar-refractivity contribution >= 4 is 10.0 Å². The molecule has 4 nitrogen and oxygen atoms in total. The van der Waals surface area contributed by atoms with Crippen LogP contribution in [0.4, 0.5) is 8.78 Å². The smallest absolute Gasteiger partial charge is 0.252 e. The van der Waals surface area contributed by atoms with Gasteiger partial charge >= 0.3 is 0 Å². The summed E-state index contributed by atoms with van der Waals surface area (Å²) in [4.78, 5) is 0.0762. The summed E-state index contributed by atoms with van der Waals surface area (Å²) in [6, 6.07) is 4.87. The van der Waals surface area contributed by atoms with E-state index in [4.69, 9.17) is 5.73 Å². The molecule has 0 unspecified atom stereocenters. The van der Waals surface area contributed by atoms with Gasteiger partial charge in [0.15, 0.2) is 0 Å². The number of benzene rings is 1. The molecule has 0 aromatic heterocycles. The molecule has 2 rings (SSSR count). The Labute approximate surface area is 117 Å². The largest absolute Gasteiger partial charge is 0.329 e. The normalized spacial score (nSPS) is 15.1. The number of fused-ring (bicyclic) bond motifs is 1. The number of rotatable bonds is 6. The van der Waals surface area contributed by atoms with Crippen LogP contribution in [-0.4, -0.2) is 38.8 Å². The molecule has 1 aromatic carbocycles. The van der Waals surface area contributed by atoms with Crippen molar-refractivity contribution in [2.24, 2.45) is 5.73 Å². The minimum Gasteiger partial charge on any atom is -0.329 e. The standard InChI is InChI=1S/C13H18F2N2O2S/c14-13(15)9-17(7-6-16)20(18,19)12-5-4-10-2-1-3-11(10)8-12/h4-5,8,13H,1-3,6-7,9,16H2. The Morgan fingerprint density at radius 2 is 1.95 bits per heavy atom. The number of hydrogen-bond acceptors (Lipinski definition) is 3. The minimum atomic E-state index is -3.91. The number of nitrogens with two attached hydrogens (primary N) is 1. The summed E-state index contributed by atoms with van der Waals surface area (Å²) in [7, 11) is -3.91. The van der Waals surface area contributed by atoms with Crippen molar-refractivity contribution in [3.05, 3.63) is 29.3 Å². The first kappa shape index (κ1) is 15.3. The van der Waals surface area contributed by atoms with Gasteiger partial charge in [-0.05, 0) is 42.5 Å². The van der Waals surface area contributed by atoms with Crippen LogP contribution >= 0.6 is 0 Å². The molecule has 0 saturated carbocycles. The number of aryl methyl sites for hydroxylation is 2. The average Bonchev–Trinajstić information content (AvgIpc) is 2.84. The minimum absolute atomic E-state index is 0.0108. The zero-order chi connectivity index (χ0) is 14.8. The van der Waals surface area contributed by atoms with Crippen LogP contribution < -0.4 is 5.73 Å². The summed E-state index contributed by atoms with van der Waals surface area (Å²) < 4.78 is 50.6. The number of alkyl halides is 2. The molecule has 0 radical (unpaired) electrons. The van der Waals surface area contributed by atoms with E-state index in [0.29, 0.717) is 0 Å². The summed E-state index contributed by atoms with van der Waals surface area (Å²) in [5.41, 5.74) is 7.46. The Bertz CT molecular complexity index is 576. The second-order valence-electron chi connectivity index (χ2n) is 4.83. The van der Waals surface area contributed by atoms with Gasteiger partial charge in [-0.1, -0.05) is 6.07 Å². The molecule has 7 heteroatoms. The third-order valence-electron chi connectivity index (χ3n) is 3.43. The summed E-state index contributed by atoms with van der Waals surface area (Å²) in [5, 5.41) is 0. The Morgan fingerprint density at radius 1 is 1.25 bits per heavy atom. The van der Waals surface area contributed by atoms with Crippen molar-refractivity contribution in [1.82, 2.24) is 4.31 Å². The van der Waals surface area contributed by atoms with Crippen LogP contribution in [0.3, 0.4) is 0 Å². The molecule has 0 aliphatic heterocycles. The second-order valence-corrected chi connectivity index (χ2v) is 6.76. The maximum absolute atomic E-state index is 12.5. The van der Waals surface area contributed by atoms with Crippen LogP contribution in [0, 0.1) is 0 Å². The molecule has 0 bridgehead atoms. The van der Waals surface area contributed by atoms with Gasteiger partial charge in [-0.15, -0.1) is 0 Å². The molecule has 0 saturated heterocycles. The van der Waals surface area contributed by atoms with Gasteiger partial charge in [-0.25, -0.2) is 17.2 Å². The molecule has 1 aromatic rings. The molecule has 20 heavy (non-hydrogen) atoms. The summed E-state index contributed by atoms with van der Waals surface area (Å²) in [5.74, 6) is 0. The molecule has 0 fully saturated rings. The monoisotopic (exact) mass is 304 g/mol. The van der Waals surface area contributed by atoms with E-state index in [1.165, 1.54) is 6.07 Å². The highest BCUT2D eigenvalue weighted by Gasteiger charge is 2.27. The fourth-order valence-electron chi connectivity index (χ4n) is 2.47. The van der Waals surface area contributed by atoms with Crippen LogP contribution in [0.2, 0.25) is 0 Å². The molecule has 1 aliphatic rings. The van der Waals surface area contributed by atoms with Gasteiger partial charge in [-0.3, -0.25) is 0 Å². The van der Waals surface area contributed by atoms with Crippen molar-refractivity contribution in [1.29, 1.82) is 0 Å². The van der Waals surface area contributed by atoms with Gasteiger partial charge in [0.2, 0.25) is 10.0 Å². The molecule has 112 valence electrons. The summed E-state index contributed by atoms with van der Waals surface area (Å²) in [6.07, 6.45) is 0.0669. The van der Waals surface area contributed by atoms with E-state index in [9.17, 15) is 17.2 Å². The highest BCUT2D eigenvalue weighted by atomic mass is 32.2. The van der Waals surface area contributed by atoms with E-state index in [1.54, 1.807) is 12.1 Å². The van der Waals surface area contributed by atoms with Gasteiger partial charge in [0.05, 0.1) is 11.4 Å². The summed E-state index contributed by atoms with van der Waals surface area (Å²) >= 11 is 0. The van der Waals surface area contributed by atoms with Crippen molar-refractivity contribution in [3.8, 4) is 0 Å². The molecular weight excluding hydrogens is 286 g/mol. The van der Waals surface area contributed by atoms with Crippen molar-refractivity contribution in [3.63, 3.8) is 0 Å². The maximum Gasteiger partial charge on any atom is 0.252 e. The fraction of sp³-hybridized carbons (Fsp3) is 0.538. The van der Waals surface area contributed by atoms with E-state index < -0.39 is 23.0 Å². The van der Waals surface area contributed by atoms with Gasteiger partial charge in [-0.2, -0.15) is 4.31 Å². The quantitative estimate of drug-likeness (QED) is 0.864. The highest BCUT2D eigenvalue weighted by molar-refractivity contribution is 7.89. The van der Waals surface area contributed by atoms with E-state index in [0.717, 1.165) is 34.7 Å². The van der Waals surface area contributed by atoms with Crippen molar-refractivity contribution in [2.45, 2.75) is 30.6 Å². The number of halogens is 2. The van der Waals surface area contributed by atoms with Crippen LogP contribution in [0.15, 0.2) is 23.1 Å². The van der Waals surface area contributed by atoms with Gasteiger partial charge < -0.3 is 5.73 Å². The topological polar surface area (TPSA) is 63.4 Å². The lowest BCUT2D eigenvalue weighted by Crippen LogP contribution is -2.38. The predicted octanol–water partition coefficient (Wildman–Crippen LogP) is 1.39. The molecule has 0 spiro atoms. The number of sulfonamides is 1. The van der Waals surface area contributed by atoms with E-state index in [2.05, 4.69) is 0 Å². The van der Waals surface area contributed by atoms with E-state index in [1.807, 2.05) is 0 Å².